The Labute approximate surface area is 118 Å². The van der Waals surface area contributed by atoms with Crippen molar-refractivity contribution in [1.29, 1.82) is 0 Å². The number of nitrogens with one attached hydrogen (secondary N) is 1. The van der Waals surface area contributed by atoms with Crippen LogP contribution in [0.25, 0.3) is 0 Å². The summed E-state index contributed by atoms with van der Waals surface area (Å²) < 4.78 is 18.6. The molecule has 0 spiro atoms. The van der Waals surface area contributed by atoms with Gasteiger partial charge < -0.3 is 15.8 Å². The number of ether oxygens (including phenoxy) is 1. The SMILES string of the molecule is CCOC(C)CNC(=O)c1cc(F)ccc1C#CCN. The van der Waals surface area contributed by atoms with Crippen molar-refractivity contribution in [2.45, 2.75) is 20.0 Å². The molecule has 1 amide bonds. The van der Waals surface area contributed by atoms with Crippen molar-refractivity contribution in [3.8, 4) is 11.8 Å². The van der Waals surface area contributed by atoms with Crippen molar-refractivity contribution >= 4 is 5.91 Å². The summed E-state index contributed by atoms with van der Waals surface area (Å²) in [5, 5.41) is 2.70. The molecule has 1 atom stereocenters. The molecule has 4 nitrogen and oxygen atoms in total. The minimum Gasteiger partial charge on any atom is -0.377 e. The first-order chi connectivity index (χ1) is 9.58. The summed E-state index contributed by atoms with van der Waals surface area (Å²) in [5.74, 6) is 4.56. The number of hydrogen-bond acceptors (Lipinski definition) is 3. The molecule has 0 radical (unpaired) electrons. The summed E-state index contributed by atoms with van der Waals surface area (Å²) in [6.07, 6.45) is -0.101. The van der Waals surface area contributed by atoms with E-state index in [-0.39, 0.29) is 24.1 Å². The summed E-state index contributed by atoms with van der Waals surface area (Å²) in [6, 6.07) is 3.90. The maximum Gasteiger partial charge on any atom is 0.252 e. The quantitative estimate of drug-likeness (QED) is 0.798. The van der Waals surface area contributed by atoms with E-state index in [1.54, 1.807) is 0 Å². The number of halogens is 1. The van der Waals surface area contributed by atoms with Crippen LogP contribution in [0.4, 0.5) is 4.39 Å². The molecule has 1 aromatic carbocycles. The Morgan fingerprint density at radius 3 is 2.95 bits per heavy atom. The minimum atomic E-state index is -0.480. The van der Waals surface area contributed by atoms with Crippen LogP contribution in [-0.4, -0.2) is 31.7 Å². The zero-order chi connectivity index (χ0) is 15.0. The van der Waals surface area contributed by atoms with Crippen molar-refractivity contribution in [3.63, 3.8) is 0 Å². The zero-order valence-corrected chi connectivity index (χ0v) is 11.7. The van der Waals surface area contributed by atoms with Crippen LogP contribution in [0.1, 0.15) is 29.8 Å². The standard InChI is InChI=1S/C15H19FN2O2/c1-3-20-11(2)10-18-15(19)14-9-13(16)7-6-12(14)5-4-8-17/h6-7,9,11H,3,8,10,17H2,1-2H3,(H,18,19). The van der Waals surface area contributed by atoms with Gasteiger partial charge in [-0.05, 0) is 32.0 Å². The molecule has 0 saturated carbocycles. The van der Waals surface area contributed by atoms with E-state index in [2.05, 4.69) is 17.2 Å². The number of hydrogen-bond donors (Lipinski definition) is 2. The molecule has 0 aliphatic heterocycles. The van der Waals surface area contributed by atoms with Gasteiger partial charge in [-0.25, -0.2) is 4.39 Å². The molecule has 1 rings (SSSR count). The van der Waals surface area contributed by atoms with Gasteiger partial charge in [-0.1, -0.05) is 11.8 Å². The molecule has 0 saturated heterocycles. The molecule has 0 aliphatic carbocycles. The van der Waals surface area contributed by atoms with Crippen LogP contribution >= 0.6 is 0 Å². The van der Waals surface area contributed by atoms with Crippen LogP contribution in [0.5, 0.6) is 0 Å². The molecule has 0 heterocycles. The second-order valence-electron chi connectivity index (χ2n) is 4.17. The molecule has 20 heavy (non-hydrogen) atoms. The van der Waals surface area contributed by atoms with Gasteiger partial charge in [0.1, 0.15) is 5.82 Å². The number of carbonyl (C=O) groups excluding carboxylic acids is 1. The topological polar surface area (TPSA) is 64.3 Å². The third-order valence-electron chi connectivity index (χ3n) is 2.55. The number of carbonyl (C=O) groups is 1. The van der Waals surface area contributed by atoms with Crippen molar-refractivity contribution in [2.75, 3.05) is 19.7 Å². The second-order valence-corrected chi connectivity index (χ2v) is 4.17. The Morgan fingerprint density at radius 1 is 1.55 bits per heavy atom. The highest BCUT2D eigenvalue weighted by atomic mass is 19.1. The van der Waals surface area contributed by atoms with Gasteiger partial charge in [-0.2, -0.15) is 0 Å². The van der Waals surface area contributed by atoms with Crippen LogP contribution in [0, 0.1) is 17.7 Å². The van der Waals surface area contributed by atoms with Gasteiger partial charge in [-0.3, -0.25) is 4.79 Å². The molecule has 3 N–H and O–H groups in total. The summed E-state index contributed by atoms with van der Waals surface area (Å²) in [6.45, 7) is 4.84. The minimum absolute atomic E-state index is 0.101. The van der Waals surface area contributed by atoms with E-state index in [0.29, 0.717) is 18.7 Å². The number of rotatable bonds is 5. The van der Waals surface area contributed by atoms with E-state index in [1.807, 2.05) is 13.8 Å². The lowest BCUT2D eigenvalue weighted by molar-refractivity contribution is 0.0695. The van der Waals surface area contributed by atoms with Crippen molar-refractivity contribution < 1.29 is 13.9 Å². The first-order valence-corrected chi connectivity index (χ1v) is 6.46. The van der Waals surface area contributed by atoms with Gasteiger partial charge in [0.05, 0.1) is 18.2 Å². The lowest BCUT2D eigenvalue weighted by Gasteiger charge is -2.13. The average Bonchev–Trinajstić information content (AvgIpc) is 2.43. The maximum atomic E-state index is 13.3. The van der Waals surface area contributed by atoms with E-state index in [9.17, 15) is 9.18 Å². The van der Waals surface area contributed by atoms with Gasteiger partial charge in [0.15, 0.2) is 0 Å². The maximum absolute atomic E-state index is 13.3. The van der Waals surface area contributed by atoms with Crippen molar-refractivity contribution in [1.82, 2.24) is 5.32 Å². The molecule has 5 heteroatoms. The summed E-state index contributed by atoms with van der Waals surface area (Å²) in [7, 11) is 0. The molecule has 0 aromatic heterocycles. The Balaban J connectivity index is 2.83. The summed E-state index contributed by atoms with van der Waals surface area (Å²) >= 11 is 0. The van der Waals surface area contributed by atoms with Gasteiger partial charge in [0.25, 0.3) is 5.91 Å². The average molecular weight is 278 g/mol. The number of nitrogens with two attached hydrogens (primary N) is 1. The lowest BCUT2D eigenvalue weighted by atomic mass is 10.1. The number of amides is 1. The Kier molecular flexibility index (Phi) is 6.71. The highest BCUT2D eigenvalue weighted by Gasteiger charge is 2.12. The van der Waals surface area contributed by atoms with E-state index in [0.717, 1.165) is 0 Å². The van der Waals surface area contributed by atoms with Crippen LogP contribution in [0.15, 0.2) is 18.2 Å². The van der Waals surface area contributed by atoms with E-state index in [1.165, 1.54) is 18.2 Å². The lowest BCUT2D eigenvalue weighted by Crippen LogP contribution is -2.32. The second kappa shape index (κ2) is 8.31. The Morgan fingerprint density at radius 2 is 2.30 bits per heavy atom. The molecular formula is C15H19FN2O2. The zero-order valence-electron chi connectivity index (χ0n) is 11.7. The Bertz CT molecular complexity index is 520. The predicted molar refractivity (Wildman–Crippen MR) is 75.8 cm³/mol. The first kappa shape index (κ1) is 16.2. The fourth-order valence-corrected chi connectivity index (χ4v) is 1.63. The molecule has 0 bridgehead atoms. The van der Waals surface area contributed by atoms with Gasteiger partial charge in [-0.15, -0.1) is 0 Å². The van der Waals surface area contributed by atoms with Crippen LogP contribution in [0.3, 0.4) is 0 Å². The van der Waals surface area contributed by atoms with E-state index < -0.39 is 5.82 Å². The third-order valence-corrected chi connectivity index (χ3v) is 2.55. The smallest absolute Gasteiger partial charge is 0.252 e. The molecule has 0 fully saturated rings. The fourth-order valence-electron chi connectivity index (χ4n) is 1.63. The molecule has 1 unspecified atom stereocenters. The highest BCUT2D eigenvalue weighted by Crippen LogP contribution is 2.10. The monoisotopic (exact) mass is 278 g/mol. The number of benzene rings is 1. The van der Waals surface area contributed by atoms with E-state index in [4.69, 9.17) is 10.5 Å². The van der Waals surface area contributed by atoms with Gasteiger partial charge in [0.2, 0.25) is 0 Å². The van der Waals surface area contributed by atoms with Gasteiger partial charge >= 0.3 is 0 Å². The normalized spacial score (nSPS) is 11.4. The third kappa shape index (κ3) is 5.00. The molecule has 0 aliphatic rings. The Hall–Kier alpha value is -1.90. The molecular weight excluding hydrogens is 259 g/mol. The molecule has 1 aromatic rings. The van der Waals surface area contributed by atoms with Crippen LogP contribution < -0.4 is 11.1 Å². The summed E-state index contributed by atoms with van der Waals surface area (Å²) in [4.78, 5) is 12.1. The largest absolute Gasteiger partial charge is 0.377 e. The predicted octanol–water partition coefficient (Wildman–Crippen LogP) is 1.29. The van der Waals surface area contributed by atoms with Crippen LogP contribution in [-0.2, 0) is 4.74 Å². The first-order valence-electron chi connectivity index (χ1n) is 6.46. The summed E-state index contributed by atoms with van der Waals surface area (Å²) in [5.41, 5.74) is 5.96. The van der Waals surface area contributed by atoms with Crippen LogP contribution in [0.2, 0.25) is 0 Å². The van der Waals surface area contributed by atoms with Crippen molar-refractivity contribution in [3.05, 3.63) is 35.1 Å². The van der Waals surface area contributed by atoms with Crippen molar-refractivity contribution in [2.24, 2.45) is 5.73 Å². The highest BCUT2D eigenvalue weighted by molar-refractivity contribution is 5.96. The molecule has 108 valence electrons. The van der Waals surface area contributed by atoms with Gasteiger partial charge in [0, 0.05) is 18.7 Å². The fraction of sp³-hybridized carbons (Fsp3) is 0.400. The van der Waals surface area contributed by atoms with E-state index >= 15 is 0 Å².